The zero-order chi connectivity index (χ0) is 75.7. The Morgan fingerprint density at radius 3 is 1.09 bits per heavy atom. The summed E-state index contributed by atoms with van der Waals surface area (Å²) >= 11 is 0. The monoisotopic (exact) mass is 1210 g/mol. The van der Waals surface area contributed by atoms with E-state index in [1.165, 1.54) is 5.39 Å². The largest absolute Gasteiger partial charge is 0.456 e. The minimum Gasteiger partial charge on any atom is -0.456 e. The lowest BCUT2D eigenvalue weighted by atomic mass is 9.85. The maximum absolute atomic E-state index is 9.22. The Morgan fingerprint density at radius 1 is 0.202 bits per heavy atom. The van der Waals surface area contributed by atoms with Crippen LogP contribution in [0.15, 0.2) is 348 Å². The SMILES string of the molecule is [2H]c1c([2H])c([2H])c2c(-c3ccc(-c4cc5oc6ccc7ccccc7c6c5c5ccccc45)cc3)c3c([2H])c([2H])c([2H])c([2H])c3c(-c3ccccc3)c2c1[2H].[2H]c1c([2H])c([2H])c2c(-c3ccc(-c4ccc5c(c4)oc4c6ccccc6c6ccccc6c54)cc3)c3c([2H])c([2H])c([2H])c([2H])c3c(-c3ccccc3)c2c1[2H]. The van der Waals surface area contributed by atoms with Gasteiger partial charge in [-0.3, -0.25) is 0 Å². The minimum atomic E-state index is -0.423. The Bertz CT molecular complexity index is 7280. The van der Waals surface area contributed by atoms with Gasteiger partial charge >= 0.3 is 0 Å². The Hall–Kier alpha value is -12.4. The summed E-state index contributed by atoms with van der Waals surface area (Å²) in [6.45, 7) is 0. The minimum absolute atomic E-state index is 0.191. The van der Waals surface area contributed by atoms with Crippen molar-refractivity contribution in [3.63, 3.8) is 0 Å². The van der Waals surface area contributed by atoms with Crippen molar-refractivity contribution in [3.8, 4) is 66.8 Å². The topological polar surface area (TPSA) is 26.3 Å². The molecule has 0 N–H and O–H groups in total. The van der Waals surface area contributed by atoms with E-state index < -0.39 is 48.3 Å². The molecule has 18 aromatic carbocycles. The Kier molecular flexibility index (Phi) is 9.15. The fourth-order valence-corrected chi connectivity index (χ4v) is 14.5. The fraction of sp³-hybridized carbons (Fsp3) is 0. The molecule has 20 rings (SSSR count). The van der Waals surface area contributed by atoms with Crippen molar-refractivity contribution in [2.24, 2.45) is 0 Å². The van der Waals surface area contributed by atoms with Crippen LogP contribution in [0.3, 0.4) is 0 Å². The molecule has 0 fully saturated rings. The highest BCUT2D eigenvalue weighted by molar-refractivity contribution is 6.31. The Balaban J connectivity index is 0.000000149. The van der Waals surface area contributed by atoms with Crippen LogP contribution in [0.25, 0.3) is 197 Å². The first-order chi connectivity index (χ1) is 53.3. The average molecular weight is 1210 g/mol. The van der Waals surface area contributed by atoms with Crippen molar-refractivity contribution < 1.29 is 30.8 Å². The summed E-state index contributed by atoms with van der Waals surface area (Å²) in [4.78, 5) is 0. The normalized spacial score (nSPS) is 14.2. The summed E-state index contributed by atoms with van der Waals surface area (Å²) in [5.74, 6) is 0. The van der Waals surface area contributed by atoms with Crippen molar-refractivity contribution in [1.29, 1.82) is 0 Å². The highest BCUT2D eigenvalue weighted by Gasteiger charge is 2.22. The molecule has 0 amide bonds. The predicted molar refractivity (Wildman–Crippen MR) is 400 cm³/mol. The van der Waals surface area contributed by atoms with Gasteiger partial charge in [-0.15, -0.1) is 0 Å². The van der Waals surface area contributed by atoms with E-state index in [1.54, 1.807) is 48.5 Å². The molecule has 94 heavy (non-hydrogen) atoms. The van der Waals surface area contributed by atoms with E-state index in [4.69, 9.17) is 25.3 Å². The lowest BCUT2D eigenvalue weighted by Gasteiger charge is -2.18. The van der Waals surface area contributed by atoms with Crippen LogP contribution in [-0.2, 0) is 0 Å². The molecule has 0 atom stereocenters. The van der Waals surface area contributed by atoms with Crippen LogP contribution in [0.1, 0.15) is 21.9 Å². The maximum atomic E-state index is 9.22. The summed E-state index contributed by atoms with van der Waals surface area (Å²) in [6, 6.07) is 73.0. The first-order valence-electron chi connectivity index (χ1n) is 39.1. The Morgan fingerprint density at radius 2 is 0.574 bits per heavy atom. The number of hydrogen-bond donors (Lipinski definition) is 0. The number of hydrogen-bond acceptors (Lipinski definition) is 2. The van der Waals surface area contributed by atoms with Gasteiger partial charge in [0.15, 0.2) is 0 Å². The first kappa shape index (κ1) is 39.7. The van der Waals surface area contributed by atoms with Crippen LogP contribution >= 0.6 is 0 Å². The fourth-order valence-electron chi connectivity index (χ4n) is 14.5. The Labute approximate surface area is 564 Å². The van der Waals surface area contributed by atoms with Gasteiger partial charge < -0.3 is 8.83 Å². The molecule has 2 aromatic heterocycles. The van der Waals surface area contributed by atoms with Crippen LogP contribution in [0.4, 0.5) is 0 Å². The lowest BCUT2D eigenvalue weighted by Crippen LogP contribution is -1.91. The third kappa shape index (κ3) is 8.43. The zero-order valence-electron chi connectivity index (χ0n) is 65.9. The molecule has 0 saturated carbocycles. The molecule has 2 nitrogen and oxygen atoms in total. The summed E-state index contributed by atoms with van der Waals surface area (Å²) in [7, 11) is 0. The average Bonchev–Trinajstić information content (AvgIpc) is 1.05. The molecule has 0 aliphatic heterocycles. The molecule has 436 valence electrons. The van der Waals surface area contributed by atoms with Crippen molar-refractivity contribution >= 4 is 130 Å². The molecule has 0 unspecified atom stereocenters. The smallest absolute Gasteiger partial charge is 0.143 e. The second-order valence-corrected chi connectivity index (χ2v) is 23.6. The number of rotatable bonds is 6. The lowest BCUT2D eigenvalue weighted by molar-refractivity contribution is 0.669. The summed E-state index contributed by atoms with van der Waals surface area (Å²) < 4.78 is 156. The van der Waals surface area contributed by atoms with Gasteiger partial charge in [-0.1, -0.05) is 315 Å². The van der Waals surface area contributed by atoms with Crippen LogP contribution < -0.4 is 0 Å². The predicted octanol–water partition coefficient (Wildman–Crippen LogP) is 26.4. The van der Waals surface area contributed by atoms with Crippen molar-refractivity contribution in [1.82, 2.24) is 0 Å². The van der Waals surface area contributed by atoms with E-state index in [9.17, 15) is 5.48 Å². The van der Waals surface area contributed by atoms with Gasteiger partial charge in [0.1, 0.15) is 22.3 Å². The van der Waals surface area contributed by atoms with E-state index in [-0.39, 0.29) is 91.4 Å². The zero-order valence-corrected chi connectivity index (χ0v) is 49.9. The standard InChI is InChI=1S/2C46H28O/c1-2-12-30(13-3-1)43-36-17-7-9-19-38(36)44(39-20-10-8-18-37(39)43)31-24-22-29(23-25-31)32-26-27-41-42(28-32)47-46-40-21-11-5-15-34(40)33-14-4-6-16-35(33)45(41)46;1-2-13-31(14-3-1)43-36-18-8-10-20-38(36)44(39-21-11-9-19-37(39)43)32-24-22-30(23-25-32)40-28-42-46(35-17-7-6-16-34(35)40)45-33-15-5-4-12-29(33)26-27-41(45)47-42/h2*1-28H/i7D,8D,9D,10D,17D,18D,19D,20D;8D,9D,10D,11D,18D,19D,20D,21D. The molecule has 0 radical (unpaired) electrons. The third-order valence-electron chi connectivity index (χ3n) is 18.6. The molecule has 20 aromatic rings. The second-order valence-electron chi connectivity index (χ2n) is 23.6. The summed E-state index contributed by atoms with van der Waals surface area (Å²) in [5.41, 5.74) is 10.3. The molecule has 0 saturated heterocycles. The van der Waals surface area contributed by atoms with Crippen LogP contribution in [-0.4, -0.2) is 0 Å². The van der Waals surface area contributed by atoms with Gasteiger partial charge in [-0.05, 0) is 172 Å². The van der Waals surface area contributed by atoms with Crippen LogP contribution in [0.2, 0.25) is 0 Å². The molecular weight excluding hydrogens is 1140 g/mol. The summed E-state index contributed by atoms with van der Waals surface area (Å²) in [6.07, 6.45) is 0. The van der Waals surface area contributed by atoms with Crippen molar-refractivity contribution in [2.75, 3.05) is 0 Å². The quantitative estimate of drug-likeness (QED) is 0.123. The second kappa shape index (κ2) is 21.7. The van der Waals surface area contributed by atoms with Crippen LogP contribution in [0.5, 0.6) is 0 Å². The van der Waals surface area contributed by atoms with E-state index in [0.29, 0.717) is 44.5 Å². The van der Waals surface area contributed by atoms with Gasteiger partial charge in [0.05, 0.1) is 21.9 Å². The molecule has 0 bridgehead atoms. The number of furan rings is 2. The molecule has 0 spiro atoms. The number of benzene rings is 18. The van der Waals surface area contributed by atoms with Crippen molar-refractivity contribution in [2.45, 2.75) is 0 Å². The third-order valence-corrected chi connectivity index (χ3v) is 18.6. The van der Waals surface area contributed by atoms with E-state index >= 15 is 0 Å². The van der Waals surface area contributed by atoms with Gasteiger partial charge in [0, 0.05) is 26.9 Å². The van der Waals surface area contributed by atoms with Gasteiger partial charge in [-0.25, -0.2) is 0 Å². The molecule has 0 aliphatic rings. The van der Waals surface area contributed by atoms with E-state index in [0.717, 1.165) is 104 Å². The maximum Gasteiger partial charge on any atom is 0.143 e. The van der Waals surface area contributed by atoms with Crippen LogP contribution in [0, 0.1) is 0 Å². The van der Waals surface area contributed by atoms with Crippen molar-refractivity contribution in [3.05, 3.63) is 339 Å². The molecule has 2 heterocycles. The highest BCUT2D eigenvalue weighted by atomic mass is 16.3. The van der Waals surface area contributed by atoms with E-state index in [2.05, 4.69) is 78.9 Å². The van der Waals surface area contributed by atoms with Gasteiger partial charge in [-0.2, -0.15) is 0 Å². The molecular formula is C92H56O2. The highest BCUT2D eigenvalue weighted by Crippen LogP contribution is 2.49. The van der Waals surface area contributed by atoms with Gasteiger partial charge in [0.2, 0.25) is 0 Å². The molecule has 2 heteroatoms. The van der Waals surface area contributed by atoms with E-state index in [1.807, 2.05) is 115 Å². The first-order valence-corrected chi connectivity index (χ1v) is 31.1. The van der Waals surface area contributed by atoms with Gasteiger partial charge in [0.25, 0.3) is 0 Å². The number of fused-ring (bicyclic) bond motifs is 19. The summed E-state index contributed by atoms with van der Waals surface area (Å²) in [5, 5.41) is 14.6. The molecule has 0 aliphatic carbocycles.